The molecule has 0 atom stereocenters. The Morgan fingerprint density at radius 2 is 2.10 bits per heavy atom. The smallest absolute Gasteiger partial charge is 0.227 e. The number of rotatable bonds is 6. The monoisotopic (exact) mass is 293 g/mol. The van der Waals surface area contributed by atoms with Gasteiger partial charge >= 0.3 is 0 Å². The molecule has 0 aliphatic heterocycles. The van der Waals surface area contributed by atoms with Crippen LogP contribution in [-0.2, 0) is 18.4 Å². The van der Waals surface area contributed by atoms with Gasteiger partial charge in [-0.2, -0.15) is 0 Å². The van der Waals surface area contributed by atoms with Gasteiger partial charge in [-0.15, -0.1) is 0 Å². The van der Waals surface area contributed by atoms with Crippen LogP contribution in [0.2, 0.25) is 0 Å². The molecule has 6 nitrogen and oxygen atoms in total. The molecule has 1 amide bonds. The molecular weight excluding hydrogens is 266 g/mol. The fourth-order valence-electron chi connectivity index (χ4n) is 1.89. The molecular formula is C15H27N5O. The van der Waals surface area contributed by atoms with E-state index in [-0.39, 0.29) is 5.91 Å². The van der Waals surface area contributed by atoms with Gasteiger partial charge < -0.3 is 20.5 Å². The van der Waals surface area contributed by atoms with Crippen molar-refractivity contribution in [1.82, 2.24) is 20.5 Å². The van der Waals surface area contributed by atoms with Gasteiger partial charge in [0.1, 0.15) is 0 Å². The first-order valence-corrected chi connectivity index (χ1v) is 7.24. The third kappa shape index (κ3) is 5.49. The third-order valence-corrected chi connectivity index (χ3v) is 3.20. The molecule has 0 saturated heterocycles. The van der Waals surface area contributed by atoms with Gasteiger partial charge in [0.25, 0.3) is 0 Å². The first-order valence-electron chi connectivity index (χ1n) is 7.24. The van der Waals surface area contributed by atoms with Gasteiger partial charge in [0.15, 0.2) is 5.96 Å². The Kier molecular flexibility index (Phi) is 6.27. The molecule has 0 aromatic carbocycles. The summed E-state index contributed by atoms with van der Waals surface area (Å²) in [7, 11) is 3.64. The van der Waals surface area contributed by atoms with E-state index < -0.39 is 5.41 Å². The number of aromatic nitrogens is 1. The van der Waals surface area contributed by atoms with Crippen LogP contribution in [0, 0.1) is 5.41 Å². The van der Waals surface area contributed by atoms with Gasteiger partial charge in [-0.05, 0) is 32.4 Å². The normalized spacial score (nSPS) is 12.1. The summed E-state index contributed by atoms with van der Waals surface area (Å²) < 4.78 is 2.00. The standard InChI is InChI=1S/C15H27N5O/c1-6-17-14(18-9-12-7-8-20(5)10-12)19-11-15(2,3)13(21)16-4/h7-8,10H,6,9,11H2,1-5H3,(H,16,21)(H2,17,18,19). The molecule has 0 unspecified atom stereocenters. The van der Waals surface area contributed by atoms with E-state index in [4.69, 9.17) is 0 Å². The molecule has 118 valence electrons. The number of nitrogens with zero attached hydrogens (tertiary/aromatic N) is 2. The first-order chi connectivity index (χ1) is 9.89. The predicted molar refractivity (Wildman–Crippen MR) is 86.1 cm³/mol. The topological polar surface area (TPSA) is 70.5 Å². The average Bonchev–Trinajstić information content (AvgIpc) is 2.86. The van der Waals surface area contributed by atoms with Crippen molar-refractivity contribution in [3.63, 3.8) is 0 Å². The Hall–Kier alpha value is -1.98. The first kappa shape index (κ1) is 17.1. The molecule has 0 fully saturated rings. The average molecular weight is 293 g/mol. The van der Waals surface area contributed by atoms with Crippen molar-refractivity contribution >= 4 is 11.9 Å². The molecule has 0 aliphatic rings. The van der Waals surface area contributed by atoms with Crippen LogP contribution in [0.4, 0.5) is 0 Å². The minimum absolute atomic E-state index is 0.00825. The summed E-state index contributed by atoms with van der Waals surface area (Å²) in [5.74, 6) is 0.729. The number of aryl methyl sites for hydroxylation is 1. The molecule has 21 heavy (non-hydrogen) atoms. The van der Waals surface area contributed by atoms with Gasteiger partial charge in [0.05, 0.1) is 12.0 Å². The fourth-order valence-corrected chi connectivity index (χ4v) is 1.89. The molecule has 1 rings (SSSR count). The maximum atomic E-state index is 11.8. The van der Waals surface area contributed by atoms with Crippen molar-refractivity contribution < 1.29 is 4.79 Å². The molecule has 0 aliphatic carbocycles. The van der Waals surface area contributed by atoms with E-state index in [0.717, 1.165) is 18.1 Å². The maximum absolute atomic E-state index is 11.8. The van der Waals surface area contributed by atoms with E-state index in [2.05, 4.69) is 20.9 Å². The van der Waals surface area contributed by atoms with Crippen molar-refractivity contribution in [3.05, 3.63) is 24.0 Å². The molecule has 0 spiro atoms. The van der Waals surface area contributed by atoms with Gasteiger partial charge in [-0.1, -0.05) is 0 Å². The second-order valence-corrected chi connectivity index (χ2v) is 5.70. The SMILES string of the molecule is CCNC(=NCc1ccn(C)c1)NCC(C)(C)C(=O)NC. The zero-order valence-corrected chi connectivity index (χ0v) is 13.7. The highest BCUT2D eigenvalue weighted by Crippen LogP contribution is 2.13. The molecule has 6 heteroatoms. The van der Waals surface area contributed by atoms with Crippen LogP contribution in [0.5, 0.6) is 0 Å². The van der Waals surface area contributed by atoms with Crippen LogP contribution in [0.15, 0.2) is 23.5 Å². The van der Waals surface area contributed by atoms with Crippen LogP contribution >= 0.6 is 0 Å². The van der Waals surface area contributed by atoms with Crippen molar-refractivity contribution in [1.29, 1.82) is 0 Å². The summed E-state index contributed by atoms with van der Waals surface area (Å²) >= 11 is 0. The summed E-state index contributed by atoms with van der Waals surface area (Å²) in [5, 5.41) is 9.09. The molecule has 3 N–H and O–H groups in total. The van der Waals surface area contributed by atoms with Crippen LogP contribution in [0.3, 0.4) is 0 Å². The highest BCUT2D eigenvalue weighted by molar-refractivity contribution is 5.84. The number of carbonyl (C=O) groups excluding carboxylic acids is 1. The zero-order chi connectivity index (χ0) is 15.9. The van der Waals surface area contributed by atoms with Gasteiger partial charge in [0.2, 0.25) is 5.91 Å². The van der Waals surface area contributed by atoms with Gasteiger partial charge in [0, 0.05) is 39.6 Å². The van der Waals surface area contributed by atoms with Crippen LogP contribution in [-0.4, -0.2) is 36.6 Å². The lowest BCUT2D eigenvalue weighted by molar-refractivity contribution is -0.128. The summed E-state index contributed by atoms with van der Waals surface area (Å²) in [6, 6.07) is 2.04. The zero-order valence-electron chi connectivity index (χ0n) is 13.7. The number of nitrogens with one attached hydrogen (secondary N) is 3. The summed E-state index contributed by atoms with van der Waals surface area (Å²) in [6.45, 7) is 7.73. The Morgan fingerprint density at radius 3 is 2.62 bits per heavy atom. The van der Waals surface area contributed by atoms with Crippen LogP contribution in [0.25, 0.3) is 0 Å². The number of aliphatic imine (C=N–C) groups is 1. The molecule has 1 aromatic rings. The lowest BCUT2D eigenvalue weighted by Crippen LogP contribution is -2.47. The number of hydrogen-bond acceptors (Lipinski definition) is 2. The van der Waals surface area contributed by atoms with Crippen molar-refractivity contribution in [2.75, 3.05) is 20.1 Å². The second-order valence-electron chi connectivity index (χ2n) is 5.70. The highest BCUT2D eigenvalue weighted by Gasteiger charge is 2.26. The van der Waals surface area contributed by atoms with Gasteiger partial charge in [-0.25, -0.2) is 4.99 Å². The van der Waals surface area contributed by atoms with Crippen LogP contribution in [0.1, 0.15) is 26.3 Å². The molecule has 1 aromatic heterocycles. The predicted octanol–water partition coefficient (Wildman–Crippen LogP) is 0.852. The lowest BCUT2D eigenvalue weighted by atomic mass is 9.92. The van der Waals surface area contributed by atoms with Gasteiger partial charge in [-0.3, -0.25) is 4.79 Å². The van der Waals surface area contributed by atoms with E-state index in [1.54, 1.807) is 7.05 Å². The fraction of sp³-hybridized carbons (Fsp3) is 0.600. The van der Waals surface area contributed by atoms with E-state index in [1.807, 2.05) is 50.8 Å². The van der Waals surface area contributed by atoms with E-state index >= 15 is 0 Å². The number of guanidine groups is 1. The van der Waals surface area contributed by atoms with Crippen LogP contribution < -0.4 is 16.0 Å². The lowest BCUT2D eigenvalue weighted by Gasteiger charge is -2.24. The van der Waals surface area contributed by atoms with E-state index in [1.165, 1.54) is 0 Å². The second kappa shape index (κ2) is 7.71. The van der Waals surface area contributed by atoms with E-state index in [9.17, 15) is 4.79 Å². The molecule has 0 saturated carbocycles. The quantitative estimate of drug-likeness (QED) is 0.538. The maximum Gasteiger partial charge on any atom is 0.227 e. The summed E-state index contributed by atoms with van der Waals surface area (Å²) in [6.07, 6.45) is 4.04. The minimum atomic E-state index is -0.488. The third-order valence-electron chi connectivity index (χ3n) is 3.20. The summed E-state index contributed by atoms with van der Waals surface area (Å²) in [4.78, 5) is 16.3. The Bertz CT molecular complexity index is 490. The highest BCUT2D eigenvalue weighted by atomic mass is 16.2. The van der Waals surface area contributed by atoms with Crippen molar-refractivity contribution in [3.8, 4) is 0 Å². The number of amides is 1. The Balaban J connectivity index is 2.62. The molecule has 1 heterocycles. The van der Waals surface area contributed by atoms with E-state index in [0.29, 0.717) is 13.1 Å². The summed E-state index contributed by atoms with van der Waals surface area (Å²) in [5.41, 5.74) is 0.665. The van der Waals surface area contributed by atoms with Crippen molar-refractivity contribution in [2.24, 2.45) is 17.5 Å². The van der Waals surface area contributed by atoms with Crippen molar-refractivity contribution in [2.45, 2.75) is 27.3 Å². The number of hydrogen-bond donors (Lipinski definition) is 3. The Labute approximate surface area is 127 Å². The molecule has 0 bridgehead atoms. The minimum Gasteiger partial charge on any atom is -0.359 e. The number of carbonyl (C=O) groups is 1. The molecule has 0 radical (unpaired) electrons. The largest absolute Gasteiger partial charge is 0.359 e. The Morgan fingerprint density at radius 1 is 1.38 bits per heavy atom.